The van der Waals surface area contributed by atoms with Crippen LogP contribution in [0.15, 0.2) is 11.6 Å². The molecular weight excluding hydrogens is 148 g/mol. The highest BCUT2D eigenvalue weighted by Gasteiger charge is 1.91. The lowest BCUT2D eigenvalue weighted by Gasteiger charge is -1.99. The smallest absolute Gasteiger partial charge is 0.149 e. The molecule has 0 fully saturated rings. The molecule has 0 aliphatic heterocycles. The van der Waals surface area contributed by atoms with E-state index in [0.29, 0.717) is 13.2 Å². The van der Waals surface area contributed by atoms with Gasteiger partial charge in [-0.2, -0.15) is 4.37 Å². The molecule has 1 aromatic rings. The van der Waals surface area contributed by atoms with Gasteiger partial charge in [-0.05, 0) is 24.5 Å². The predicted octanol–water partition coefficient (Wildman–Crippen LogP) is 0.871. The van der Waals surface area contributed by atoms with Crippen LogP contribution in [-0.4, -0.2) is 17.5 Å². The fourth-order valence-corrected chi connectivity index (χ4v) is 0.998. The highest BCUT2D eigenvalue weighted by molar-refractivity contribution is 7.03. The van der Waals surface area contributed by atoms with Crippen molar-refractivity contribution in [3.63, 3.8) is 0 Å². The molecule has 0 aliphatic carbocycles. The Morgan fingerprint density at radius 3 is 3.20 bits per heavy atom. The number of rotatable bonds is 4. The first-order valence-electron chi connectivity index (χ1n) is 3.15. The summed E-state index contributed by atoms with van der Waals surface area (Å²) >= 11 is 1.39. The molecule has 0 atom stereocenters. The number of nitrogens with zero attached hydrogens (tertiary/aromatic N) is 1. The van der Waals surface area contributed by atoms with Gasteiger partial charge in [0, 0.05) is 0 Å². The van der Waals surface area contributed by atoms with Crippen LogP contribution in [0.4, 0.5) is 0 Å². The van der Waals surface area contributed by atoms with Crippen molar-refractivity contribution in [2.45, 2.75) is 6.42 Å². The Kier molecular flexibility index (Phi) is 3.18. The van der Waals surface area contributed by atoms with Crippen molar-refractivity contribution in [3.05, 3.63) is 11.6 Å². The minimum Gasteiger partial charge on any atom is -0.491 e. The molecular formula is C6H10N2OS. The summed E-state index contributed by atoms with van der Waals surface area (Å²) in [6.45, 7) is 1.37. The van der Waals surface area contributed by atoms with E-state index in [1.54, 1.807) is 6.20 Å². The molecule has 0 saturated carbocycles. The van der Waals surface area contributed by atoms with Crippen molar-refractivity contribution in [3.8, 4) is 5.75 Å². The lowest BCUT2D eigenvalue weighted by molar-refractivity contribution is 0.314. The van der Waals surface area contributed by atoms with Gasteiger partial charge >= 0.3 is 0 Å². The Labute approximate surface area is 64.0 Å². The molecule has 4 heteroatoms. The summed E-state index contributed by atoms with van der Waals surface area (Å²) in [6, 6.07) is 0. The van der Waals surface area contributed by atoms with E-state index in [4.69, 9.17) is 10.5 Å². The first kappa shape index (κ1) is 7.50. The fraction of sp³-hybridized carbons (Fsp3) is 0.500. The average molecular weight is 158 g/mol. The molecule has 56 valence electrons. The van der Waals surface area contributed by atoms with Gasteiger partial charge in [-0.25, -0.2) is 0 Å². The van der Waals surface area contributed by atoms with Crippen molar-refractivity contribution in [2.75, 3.05) is 13.2 Å². The second-order valence-corrected chi connectivity index (χ2v) is 2.51. The first-order valence-corrected chi connectivity index (χ1v) is 3.99. The van der Waals surface area contributed by atoms with Gasteiger partial charge < -0.3 is 10.5 Å². The van der Waals surface area contributed by atoms with Crippen LogP contribution in [0, 0.1) is 0 Å². The monoisotopic (exact) mass is 158 g/mol. The van der Waals surface area contributed by atoms with Crippen LogP contribution in [-0.2, 0) is 0 Å². The quantitative estimate of drug-likeness (QED) is 0.661. The summed E-state index contributed by atoms with van der Waals surface area (Å²) < 4.78 is 9.14. The van der Waals surface area contributed by atoms with E-state index in [1.165, 1.54) is 11.5 Å². The van der Waals surface area contributed by atoms with Crippen molar-refractivity contribution in [1.29, 1.82) is 0 Å². The normalized spacial score (nSPS) is 9.70. The molecule has 0 radical (unpaired) electrons. The number of hydrogen-bond acceptors (Lipinski definition) is 4. The zero-order chi connectivity index (χ0) is 7.23. The fourth-order valence-electron chi connectivity index (χ4n) is 0.540. The van der Waals surface area contributed by atoms with Crippen LogP contribution in [0.5, 0.6) is 5.75 Å². The van der Waals surface area contributed by atoms with Gasteiger partial charge in [-0.1, -0.05) is 0 Å². The van der Waals surface area contributed by atoms with Crippen molar-refractivity contribution in [1.82, 2.24) is 4.37 Å². The van der Waals surface area contributed by atoms with Gasteiger partial charge in [0.1, 0.15) is 5.75 Å². The molecule has 1 heterocycles. The van der Waals surface area contributed by atoms with E-state index in [9.17, 15) is 0 Å². The van der Waals surface area contributed by atoms with Crippen LogP contribution in [0.25, 0.3) is 0 Å². The highest BCUT2D eigenvalue weighted by atomic mass is 32.1. The van der Waals surface area contributed by atoms with E-state index in [-0.39, 0.29) is 0 Å². The van der Waals surface area contributed by atoms with Crippen LogP contribution in [0.2, 0.25) is 0 Å². The third kappa shape index (κ3) is 2.33. The van der Waals surface area contributed by atoms with Crippen molar-refractivity contribution < 1.29 is 4.74 Å². The zero-order valence-corrected chi connectivity index (χ0v) is 6.43. The second kappa shape index (κ2) is 4.24. The molecule has 0 aliphatic rings. The van der Waals surface area contributed by atoms with Gasteiger partial charge in [0.25, 0.3) is 0 Å². The van der Waals surface area contributed by atoms with E-state index in [0.717, 1.165) is 12.2 Å². The third-order valence-electron chi connectivity index (χ3n) is 1.03. The molecule has 0 unspecified atom stereocenters. The lowest BCUT2D eigenvalue weighted by Crippen LogP contribution is -2.05. The minimum atomic E-state index is 0.678. The topological polar surface area (TPSA) is 48.1 Å². The summed E-state index contributed by atoms with van der Waals surface area (Å²) in [5, 5.41) is 1.87. The van der Waals surface area contributed by atoms with Crippen LogP contribution in [0.1, 0.15) is 6.42 Å². The van der Waals surface area contributed by atoms with E-state index >= 15 is 0 Å². The Morgan fingerprint density at radius 2 is 2.60 bits per heavy atom. The third-order valence-corrected chi connectivity index (χ3v) is 1.59. The molecule has 0 aromatic carbocycles. The van der Waals surface area contributed by atoms with E-state index in [2.05, 4.69) is 4.37 Å². The summed E-state index contributed by atoms with van der Waals surface area (Å²) in [4.78, 5) is 0. The lowest BCUT2D eigenvalue weighted by atomic mass is 10.5. The largest absolute Gasteiger partial charge is 0.491 e. The van der Waals surface area contributed by atoms with Gasteiger partial charge in [-0.15, -0.1) is 0 Å². The van der Waals surface area contributed by atoms with Crippen LogP contribution in [0.3, 0.4) is 0 Å². The van der Waals surface area contributed by atoms with Crippen molar-refractivity contribution >= 4 is 11.5 Å². The Bertz CT molecular complexity index is 164. The van der Waals surface area contributed by atoms with Crippen LogP contribution < -0.4 is 10.5 Å². The average Bonchev–Trinajstić information content (AvgIpc) is 2.41. The summed E-state index contributed by atoms with van der Waals surface area (Å²) in [5.41, 5.74) is 5.27. The van der Waals surface area contributed by atoms with E-state index in [1.807, 2.05) is 5.38 Å². The molecule has 10 heavy (non-hydrogen) atoms. The molecule has 2 N–H and O–H groups in total. The first-order chi connectivity index (χ1) is 4.93. The molecule has 0 saturated heterocycles. The number of nitrogens with two attached hydrogens (primary N) is 1. The zero-order valence-electron chi connectivity index (χ0n) is 5.62. The Hall–Kier alpha value is -0.610. The summed E-state index contributed by atoms with van der Waals surface area (Å²) in [7, 11) is 0. The standard InChI is InChI=1S/C6H10N2OS/c7-2-1-3-9-6-4-8-10-5-6/h4-5H,1-3,7H2. The van der Waals surface area contributed by atoms with Crippen LogP contribution >= 0.6 is 11.5 Å². The minimum absolute atomic E-state index is 0.678. The molecule has 0 bridgehead atoms. The predicted molar refractivity (Wildman–Crippen MR) is 41.3 cm³/mol. The van der Waals surface area contributed by atoms with Gasteiger partial charge in [-0.3, -0.25) is 0 Å². The number of aromatic nitrogens is 1. The number of ether oxygens (including phenoxy) is 1. The molecule has 0 spiro atoms. The summed E-state index contributed by atoms with van der Waals surface area (Å²) in [6.07, 6.45) is 2.61. The SMILES string of the molecule is NCCCOc1cnsc1. The van der Waals surface area contributed by atoms with E-state index < -0.39 is 0 Å². The molecule has 0 amide bonds. The molecule has 1 rings (SSSR count). The number of hydrogen-bond donors (Lipinski definition) is 1. The van der Waals surface area contributed by atoms with Gasteiger partial charge in [0.2, 0.25) is 0 Å². The van der Waals surface area contributed by atoms with Gasteiger partial charge in [0.15, 0.2) is 0 Å². The Balaban J connectivity index is 2.15. The maximum absolute atomic E-state index is 5.27. The maximum Gasteiger partial charge on any atom is 0.149 e. The maximum atomic E-state index is 5.27. The molecule has 3 nitrogen and oxygen atoms in total. The summed E-state index contributed by atoms with van der Waals surface area (Å²) in [5.74, 6) is 0.846. The molecule has 1 aromatic heterocycles. The highest BCUT2D eigenvalue weighted by Crippen LogP contribution is 2.10. The van der Waals surface area contributed by atoms with Crippen molar-refractivity contribution in [2.24, 2.45) is 5.73 Å². The Morgan fingerprint density at radius 1 is 1.70 bits per heavy atom. The second-order valence-electron chi connectivity index (χ2n) is 1.85. The van der Waals surface area contributed by atoms with Gasteiger partial charge in [0.05, 0.1) is 18.2 Å².